The molecule has 2 N–H and O–H groups in total. The minimum absolute atomic E-state index is 0.244. The number of carboxylic acids is 1. The van der Waals surface area contributed by atoms with Crippen LogP contribution in [0.1, 0.15) is 42.0 Å². The van der Waals surface area contributed by atoms with E-state index in [1.165, 1.54) is 11.2 Å². The van der Waals surface area contributed by atoms with E-state index in [2.05, 4.69) is 5.32 Å². The zero-order valence-corrected chi connectivity index (χ0v) is 17.3. The molecular formula is C19H28N2O5S. The van der Waals surface area contributed by atoms with Crippen LogP contribution in [0.25, 0.3) is 0 Å². The topological polar surface area (TPSA) is 104 Å². The Morgan fingerprint density at radius 3 is 2.04 bits per heavy atom. The fourth-order valence-electron chi connectivity index (χ4n) is 3.45. The van der Waals surface area contributed by atoms with Gasteiger partial charge in [-0.2, -0.15) is 4.31 Å². The summed E-state index contributed by atoms with van der Waals surface area (Å²) in [7, 11) is -3.65. The Labute approximate surface area is 160 Å². The molecule has 0 aromatic heterocycles. The average molecular weight is 397 g/mol. The Bertz CT molecular complexity index is 829. The van der Waals surface area contributed by atoms with Gasteiger partial charge in [0.25, 0.3) is 0 Å². The molecule has 0 saturated carbocycles. The molecule has 27 heavy (non-hydrogen) atoms. The van der Waals surface area contributed by atoms with Crippen molar-refractivity contribution in [1.29, 1.82) is 0 Å². The van der Waals surface area contributed by atoms with E-state index in [0.717, 1.165) is 22.3 Å². The third-order valence-corrected chi connectivity index (χ3v) is 7.62. The maximum atomic E-state index is 13.2. The third-order valence-electron chi connectivity index (χ3n) is 5.45. The highest BCUT2D eigenvalue weighted by molar-refractivity contribution is 7.89. The summed E-state index contributed by atoms with van der Waals surface area (Å²) in [6, 6.07) is 1.03. The number of benzene rings is 1. The van der Waals surface area contributed by atoms with Gasteiger partial charge < -0.3 is 10.4 Å². The van der Waals surface area contributed by atoms with Gasteiger partial charge in [-0.25, -0.2) is 8.42 Å². The first-order valence-electron chi connectivity index (χ1n) is 9.07. The summed E-state index contributed by atoms with van der Waals surface area (Å²) >= 11 is 0. The second kappa shape index (κ2) is 7.98. The number of hydrogen-bond acceptors (Lipinski definition) is 4. The maximum Gasteiger partial charge on any atom is 0.325 e. The summed E-state index contributed by atoms with van der Waals surface area (Å²) in [5.41, 5.74) is 3.39. The zero-order valence-electron chi connectivity index (χ0n) is 16.5. The van der Waals surface area contributed by atoms with E-state index >= 15 is 0 Å². The molecule has 1 aromatic carbocycles. The van der Waals surface area contributed by atoms with Crippen molar-refractivity contribution in [3.8, 4) is 0 Å². The molecule has 1 fully saturated rings. The Hall–Kier alpha value is -1.93. The van der Waals surface area contributed by atoms with Crippen LogP contribution in [0.4, 0.5) is 0 Å². The Morgan fingerprint density at radius 1 is 1.11 bits per heavy atom. The molecule has 1 aliphatic rings. The Kier molecular flexibility index (Phi) is 6.32. The van der Waals surface area contributed by atoms with Crippen LogP contribution in [-0.2, 0) is 19.6 Å². The number of hydrogen-bond donors (Lipinski definition) is 2. The lowest BCUT2D eigenvalue weighted by Gasteiger charge is -2.32. The van der Waals surface area contributed by atoms with Crippen LogP contribution in [0.2, 0.25) is 0 Å². The predicted octanol–water partition coefficient (Wildman–Crippen LogP) is 1.91. The van der Waals surface area contributed by atoms with Crippen molar-refractivity contribution >= 4 is 21.9 Å². The van der Waals surface area contributed by atoms with Crippen LogP contribution in [0.5, 0.6) is 0 Å². The first-order chi connectivity index (χ1) is 12.5. The van der Waals surface area contributed by atoms with Gasteiger partial charge in [-0.05, 0) is 69.7 Å². The predicted molar refractivity (Wildman–Crippen MR) is 102 cm³/mol. The summed E-state index contributed by atoms with van der Waals surface area (Å²) in [6.45, 7) is 9.35. The summed E-state index contributed by atoms with van der Waals surface area (Å²) in [4.78, 5) is 23.4. The number of aryl methyl sites for hydroxylation is 2. The minimum atomic E-state index is -3.65. The van der Waals surface area contributed by atoms with E-state index < -0.39 is 22.0 Å². The van der Waals surface area contributed by atoms with Crippen molar-refractivity contribution in [2.24, 2.45) is 5.92 Å². The number of amides is 1. The van der Waals surface area contributed by atoms with Gasteiger partial charge in [0.15, 0.2) is 0 Å². The molecule has 1 aromatic rings. The molecule has 1 unspecified atom stereocenters. The summed E-state index contributed by atoms with van der Waals surface area (Å²) in [5.74, 6) is -1.80. The molecule has 0 aliphatic carbocycles. The number of nitrogens with one attached hydrogen (secondary N) is 1. The van der Waals surface area contributed by atoms with Crippen molar-refractivity contribution in [3.63, 3.8) is 0 Å². The molecular weight excluding hydrogens is 368 g/mol. The molecule has 1 heterocycles. The number of piperidine rings is 1. The van der Waals surface area contributed by atoms with E-state index in [0.29, 0.717) is 17.7 Å². The lowest BCUT2D eigenvalue weighted by Crippen LogP contribution is -2.46. The van der Waals surface area contributed by atoms with E-state index in [1.807, 2.05) is 33.8 Å². The van der Waals surface area contributed by atoms with Gasteiger partial charge in [0.05, 0.1) is 4.90 Å². The highest BCUT2D eigenvalue weighted by atomic mass is 32.2. The molecule has 8 heteroatoms. The van der Waals surface area contributed by atoms with Crippen LogP contribution >= 0.6 is 0 Å². The van der Waals surface area contributed by atoms with Gasteiger partial charge in [-0.1, -0.05) is 6.07 Å². The zero-order chi connectivity index (χ0) is 20.5. The number of carbonyl (C=O) groups excluding carboxylic acids is 1. The molecule has 150 valence electrons. The molecule has 1 atom stereocenters. The van der Waals surface area contributed by atoms with Gasteiger partial charge >= 0.3 is 5.97 Å². The molecule has 1 amide bonds. The first kappa shape index (κ1) is 21.4. The fourth-order valence-corrected chi connectivity index (χ4v) is 5.49. The van der Waals surface area contributed by atoms with Gasteiger partial charge in [-0.3, -0.25) is 9.59 Å². The van der Waals surface area contributed by atoms with Crippen LogP contribution < -0.4 is 5.32 Å². The second-order valence-corrected chi connectivity index (χ2v) is 9.21. The highest BCUT2D eigenvalue weighted by Gasteiger charge is 2.34. The normalized spacial score (nSPS) is 17.5. The van der Waals surface area contributed by atoms with E-state index in [-0.39, 0.29) is 24.9 Å². The van der Waals surface area contributed by atoms with Gasteiger partial charge in [0.1, 0.15) is 6.04 Å². The van der Waals surface area contributed by atoms with Crippen LogP contribution in [0.15, 0.2) is 11.0 Å². The summed E-state index contributed by atoms with van der Waals surface area (Å²) in [5, 5.41) is 11.4. The standard InChI is InChI=1S/C19H28N2O5S/c1-11-10-12(2)14(4)17(13(11)3)27(25,26)21-8-6-16(7-9-21)18(22)20-15(5)19(23)24/h10,15-16H,6-9H2,1-5H3,(H,20,22)(H,23,24). The van der Waals surface area contributed by atoms with E-state index in [9.17, 15) is 18.0 Å². The van der Waals surface area contributed by atoms with Crippen molar-refractivity contribution in [1.82, 2.24) is 9.62 Å². The van der Waals surface area contributed by atoms with E-state index in [4.69, 9.17) is 5.11 Å². The number of carboxylic acid groups (broad SMARTS) is 1. The van der Waals surface area contributed by atoms with E-state index in [1.54, 1.807) is 0 Å². The summed E-state index contributed by atoms with van der Waals surface area (Å²) < 4.78 is 27.9. The van der Waals surface area contributed by atoms with Crippen molar-refractivity contribution in [2.45, 2.75) is 58.4 Å². The Morgan fingerprint density at radius 2 is 1.59 bits per heavy atom. The van der Waals surface area contributed by atoms with Crippen LogP contribution in [0.3, 0.4) is 0 Å². The number of carbonyl (C=O) groups is 2. The molecule has 0 radical (unpaired) electrons. The van der Waals surface area contributed by atoms with Crippen molar-refractivity contribution in [2.75, 3.05) is 13.1 Å². The lowest BCUT2D eigenvalue weighted by atomic mass is 9.97. The lowest BCUT2D eigenvalue weighted by molar-refractivity contribution is -0.142. The number of rotatable bonds is 5. The molecule has 0 bridgehead atoms. The average Bonchev–Trinajstić information content (AvgIpc) is 2.60. The van der Waals surface area contributed by atoms with Crippen LogP contribution in [0, 0.1) is 33.6 Å². The van der Waals surface area contributed by atoms with Gasteiger partial charge in [-0.15, -0.1) is 0 Å². The maximum absolute atomic E-state index is 13.2. The van der Waals surface area contributed by atoms with Crippen LogP contribution in [-0.4, -0.2) is 48.8 Å². The quantitative estimate of drug-likeness (QED) is 0.791. The van der Waals surface area contributed by atoms with Crippen molar-refractivity contribution < 1.29 is 23.1 Å². The minimum Gasteiger partial charge on any atom is -0.480 e. The monoisotopic (exact) mass is 396 g/mol. The molecule has 0 spiro atoms. The molecule has 7 nitrogen and oxygen atoms in total. The van der Waals surface area contributed by atoms with Crippen molar-refractivity contribution in [3.05, 3.63) is 28.3 Å². The van der Waals surface area contributed by atoms with Gasteiger partial charge in [0.2, 0.25) is 15.9 Å². The number of sulfonamides is 1. The van der Waals surface area contributed by atoms with Gasteiger partial charge in [0, 0.05) is 19.0 Å². The largest absolute Gasteiger partial charge is 0.480 e. The summed E-state index contributed by atoms with van der Waals surface area (Å²) in [6.07, 6.45) is 0.751. The second-order valence-electron chi connectivity index (χ2n) is 7.34. The smallest absolute Gasteiger partial charge is 0.325 e. The highest BCUT2D eigenvalue weighted by Crippen LogP contribution is 2.31. The molecule has 1 aliphatic heterocycles. The first-order valence-corrected chi connectivity index (χ1v) is 10.5. The Balaban J connectivity index is 2.16. The third kappa shape index (κ3) is 4.32. The number of aliphatic carboxylic acids is 1. The molecule has 2 rings (SSSR count). The molecule has 1 saturated heterocycles. The fraction of sp³-hybridized carbons (Fsp3) is 0.579. The number of nitrogens with zero attached hydrogens (tertiary/aromatic N) is 1. The SMILES string of the molecule is Cc1cc(C)c(C)c(S(=O)(=O)N2CCC(C(=O)NC(C)C(=O)O)CC2)c1C.